The molecule has 0 amide bonds. The molecule has 5 heteroatoms. The second-order valence-corrected chi connectivity index (χ2v) is 9.89. The summed E-state index contributed by atoms with van der Waals surface area (Å²) in [5, 5.41) is 20.8. The number of benzene rings is 3. The van der Waals surface area contributed by atoms with E-state index < -0.39 is 0 Å². The minimum absolute atomic E-state index is 0.249. The van der Waals surface area contributed by atoms with E-state index in [4.69, 9.17) is 4.74 Å². The highest BCUT2D eigenvalue weighted by atomic mass is 16.5. The van der Waals surface area contributed by atoms with Crippen LogP contribution in [0.2, 0.25) is 0 Å². The third kappa shape index (κ3) is 6.16. The number of aromatic hydroxyl groups is 2. The van der Waals surface area contributed by atoms with Crippen molar-refractivity contribution in [1.29, 1.82) is 0 Å². The first-order valence-electron chi connectivity index (χ1n) is 12.9. The van der Waals surface area contributed by atoms with Crippen LogP contribution < -0.4 is 4.74 Å². The molecule has 0 bridgehead atoms. The molecule has 3 aromatic rings. The lowest BCUT2D eigenvalue weighted by molar-refractivity contribution is 0.238. The highest BCUT2D eigenvalue weighted by Crippen LogP contribution is 2.32. The summed E-state index contributed by atoms with van der Waals surface area (Å²) >= 11 is 0. The van der Waals surface area contributed by atoms with Gasteiger partial charge in [-0.05, 0) is 111 Å². The van der Waals surface area contributed by atoms with E-state index in [1.165, 1.54) is 38.8 Å². The Morgan fingerprint density at radius 1 is 0.714 bits per heavy atom. The van der Waals surface area contributed by atoms with Crippen molar-refractivity contribution in [2.45, 2.75) is 38.6 Å². The molecule has 2 N–H and O–H groups in total. The van der Waals surface area contributed by atoms with Crippen LogP contribution in [0.4, 0.5) is 0 Å². The Morgan fingerprint density at radius 2 is 1.40 bits per heavy atom. The summed E-state index contributed by atoms with van der Waals surface area (Å²) in [6.45, 7) is 7.07. The first-order valence-corrected chi connectivity index (χ1v) is 12.9. The molecular weight excluding hydrogens is 436 g/mol. The molecule has 0 aliphatic carbocycles. The van der Waals surface area contributed by atoms with Crippen molar-refractivity contribution in [2.75, 3.05) is 39.3 Å². The largest absolute Gasteiger partial charge is 0.508 e. The van der Waals surface area contributed by atoms with Crippen LogP contribution in [0.3, 0.4) is 0 Å². The predicted octanol–water partition coefficient (Wildman–Crippen LogP) is 5.43. The van der Waals surface area contributed by atoms with Crippen LogP contribution in [0.25, 0.3) is 11.1 Å². The molecule has 5 nitrogen and oxygen atoms in total. The fraction of sp³-hybridized carbons (Fsp3) is 0.400. The van der Waals surface area contributed by atoms with E-state index in [-0.39, 0.29) is 5.75 Å². The Hall–Kier alpha value is -3.02. The van der Waals surface area contributed by atoms with Gasteiger partial charge in [0.2, 0.25) is 0 Å². The summed E-state index contributed by atoms with van der Waals surface area (Å²) in [4.78, 5) is 4.84. The zero-order chi connectivity index (χ0) is 24.0. The van der Waals surface area contributed by atoms with Crippen molar-refractivity contribution >= 4 is 0 Å². The zero-order valence-corrected chi connectivity index (χ0v) is 20.5. The number of ether oxygens (including phenoxy) is 1. The predicted molar refractivity (Wildman–Crippen MR) is 140 cm³/mol. The fourth-order valence-corrected chi connectivity index (χ4v) is 5.27. The standard InChI is InChI=1S/C30H36N2O3/c33-27-10-7-25(19-23-5-6-26(30(34)20-23)22-32-15-3-4-16-32)29(21-27)24-8-11-28(12-9-24)35-18-17-31-13-1-2-14-31/h5-12,20-21,33-34H,1-4,13-19,22H2. The van der Waals surface area contributed by atoms with E-state index in [2.05, 4.69) is 34.1 Å². The molecule has 0 radical (unpaired) electrons. The van der Waals surface area contributed by atoms with Crippen LogP contribution in [0.5, 0.6) is 17.2 Å². The van der Waals surface area contributed by atoms with Crippen molar-refractivity contribution in [3.05, 3.63) is 77.4 Å². The first kappa shape index (κ1) is 23.7. The number of phenolic OH excluding ortho intramolecular Hbond substituents is 2. The van der Waals surface area contributed by atoms with Gasteiger partial charge in [-0.2, -0.15) is 0 Å². The minimum Gasteiger partial charge on any atom is -0.508 e. The van der Waals surface area contributed by atoms with Gasteiger partial charge in [-0.3, -0.25) is 9.80 Å². The lowest BCUT2D eigenvalue weighted by atomic mass is 9.94. The average molecular weight is 473 g/mol. The van der Waals surface area contributed by atoms with E-state index in [1.807, 2.05) is 30.3 Å². The summed E-state index contributed by atoms with van der Waals surface area (Å²) in [6.07, 6.45) is 5.76. The lowest BCUT2D eigenvalue weighted by Crippen LogP contribution is -2.25. The van der Waals surface area contributed by atoms with E-state index in [9.17, 15) is 10.2 Å². The van der Waals surface area contributed by atoms with Crippen molar-refractivity contribution in [2.24, 2.45) is 0 Å². The molecule has 35 heavy (non-hydrogen) atoms. The van der Waals surface area contributed by atoms with Crippen LogP contribution in [0.1, 0.15) is 42.4 Å². The maximum absolute atomic E-state index is 10.6. The van der Waals surface area contributed by atoms with Gasteiger partial charge in [-0.1, -0.05) is 30.3 Å². The molecule has 5 rings (SSSR count). The molecule has 0 spiro atoms. The van der Waals surface area contributed by atoms with Crippen LogP contribution in [-0.2, 0) is 13.0 Å². The average Bonchev–Trinajstić information content (AvgIpc) is 3.57. The molecule has 3 aromatic carbocycles. The van der Waals surface area contributed by atoms with Gasteiger partial charge in [-0.25, -0.2) is 0 Å². The summed E-state index contributed by atoms with van der Waals surface area (Å²) in [7, 11) is 0. The van der Waals surface area contributed by atoms with Gasteiger partial charge in [0.25, 0.3) is 0 Å². The van der Waals surface area contributed by atoms with Crippen LogP contribution in [0.15, 0.2) is 60.7 Å². The lowest BCUT2D eigenvalue weighted by Gasteiger charge is -2.17. The molecule has 0 aromatic heterocycles. The van der Waals surface area contributed by atoms with E-state index in [0.717, 1.165) is 59.7 Å². The molecule has 0 saturated carbocycles. The van der Waals surface area contributed by atoms with Gasteiger partial charge in [0.15, 0.2) is 0 Å². The highest BCUT2D eigenvalue weighted by molar-refractivity contribution is 5.70. The van der Waals surface area contributed by atoms with E-state index in [1.54, 1.807) is 6.07 Å². The Kier molecular flexibility index (Phi) is 7.55. The third-order valence-electron chi connectivity index (χ3n) is 7.27. The molecule has 2 heterocycles. The van der Waals surface area contributed by atoms with Gasteiger partial charge in [-0.15, -0.1) is 0 Å². The second-order valence-electron chi connectivity index (χ2n) is 9.89. The number of nitrogens with zero attached hydrogens (tertiary/aromatic N) is 2. The van der Waals surface area contributed by atoms with Crippen LogP contribution in [-0.4, -0.2) is 59.3 Å². The molecule has 184 valence electrons. The smallest absolute Gasteiger partial charge is 0.120 e. The summed E-state index contributed by atoms with van der Waals surface area (Å²) in [5.41, 5.74) is 5.19. The summed E-state index contributed by atoms with van der Waals surface area (Å²) in [6, 6.07) is 19.7. The van der Waals surface area contributed by atoms with Gasteiger partial charge in [0, 0.05) is 18.7 Å². The van der Waals surface area contributed by atoms with Gasteiger partial charge in [0.1, 0.15) is 23.9 Å². The maximum Gasteiger partial charge on any atom is 0.120 e. The third-order valence-corrected chi connectivity index (χ3v) is 7.27. The maximum atomic E-state index is 10.6. The topological polar surface area (TPSA) is 56.2 Å². The highest BCUT2D eigenvalue weighted by Gasteiger charge is 2.15. The number of hydrogen-bond donors (Lipinski definition) is 2. The quantitative estimate of drug-likeness (QED) is 0.435. The number of rotatable bonds is 9. The number of phenols is 2. The van der Waals surface area contributed by atoms with Crippen LogP contribution in [0, 0.1) is 0 Å². The van der Waals surface area contributed by atoms with Crippen molar-refractivity contribution in [3.63, 3.8) is 0 Å². The van der Waals surface area contributed by atoms with Crippen LogP contribution >= 0.6 is 0 Å². The van der Waals surface area contributed by atoms with Gasteiger partial charge < -0.3 is 14.9 Å². The number of likely N-dealkylation sites (tertiary alicyclic amines) is 2. The Labute approximate surface area is 208 Å². The SMILES string of the molecule is Oc1ccc(Cc2ccc(CN3CCCC3)c(O)c2)c(-c2ccc(OCCN3CCCC3)cc2)c1. The fourth-order valence-electron chi connectivity index (χ4n) is 5.27. The van der Waals surface area contributed by atoms with Crippen molar-refractivity contribution in [1.82, 2.24) is 9.80 Å². The second kappa shape index (κ2) is 11.1. The number of hydrogen-bond acceptors (Lipinski definition) is 5. The van der Waals surface area contributed by atoms with Crippen molar-refractivity contribution in [3.8, 4) is 28.4 Å². The Morgan fingerprint density at radius 3 is 2.11 bits per heavy atom. The first-order chi connectivity index (χ1) is 17.1. The van der Waals surface area contributed by atoms with Crippen molar-refractivity contribution < 1.29 is 14.9 Å². The van der Waals surface area contributed by atoms with Gasteiger partial charge in [0.05, 0.1) is 0 Å². The molecule has 2 fully saturated rings. The summed E-state index contributed by atoms with van der Waals surface area (Å²) < 4.78 is 5.96. The Balaban J connectivity index is 1.27. The summed E-state index contributed by atoms with van der Waals surface area (Å²) in [5.74, 6) is 1.48. The monoisotopic (exact) mass is 472 g/mol. The normalized spacial score (nSPS) is 16.7. The molecule has 0 unspecified atom stereocenters. The minimum atomic E-state index is 0.249. The van der Waals surface area contributed by atoms with E-state index in [0.29, 0.717) is 18.8 Å². The van der Waals surface area contributed by atoms with E-state index >= 15 is 0 Å². The molecular formula is C30H36N2O3. The molecule has 2 saturated heterocycles. The molecule has 0 atom stereocenters. The van der Waals surface area contributed by atoms with Gasteiger partial charge >= 0.3 is 0 Å². The molecule has 2 aliphatic rings. The zero-order valence-electron chi connectivity index (χ0n) is 20.5. The molecule has 2 aliphatic heterocycles. The Bertz CT molecular complexity index is 1120.